The van der Waals surface area contributed by atoms with Gasteiger partial charge in [0.2, 0.25) is 5.88 Å². The number of hydrogen-bond acceptors (Lipinski definition) is 6. The molecule has 0 unspecified atom stereocenters. The molecule has 0 saturated carbocycles. The first-order valence-electron chi connectivity index (χ1n) is 6.18. The second-order valence-electron chi connectivity index (χ2n) is 3.96. The lowest BCUT2D eigenvalue weighted by atomic mass is 10.2. The summed E-state index contributed by atoms with van der Waals surface area (Å²) in [6.45, 7) is 7.90. The van der Waals surface area contributed by atoms with Crippen molar-refractivity contribution >= 4 is 6.21 Å². The highest BCUT2D eigenvalue weighted by molar-refractivity contribution is 5.75. The highest BCUT2D eigenvalue weighted by Gasteiger charge is 2.06. The maximum atomic E-state index is 10.5. The maximum absolute atomic E-state index is 10.5. The van der Waals surface area contributed by atoms with E-state index in [1.54, 1.807) is 12.1 Å². The largest absolute Gasteiger partial charge is 0.493 e. The third kappa shape index (κ3) is 4.98. The smallest absolute Gasteiger partial charge is 0.302 e. The van der Waals surface area contributed by atoms with Gasteiger partial charge in [0.15, 0.2) is 0 Å². The first-order chi connectivity index (χ1) is 9.97. The number of rotatable bonds is 7. The van der Waals surface area contributed by atoms with E-state index in [9.17, 15) is 10.1 Å². The van der Waals surface area contributed by atoms with Gasteiger partial charge in [-0.2, -0.15) is 0 Å². The molecule has 1 aromatic carbocycles. The molecule has 0 saturated heterocycles. The molecule has 2 N–H and O–H groups in total. The second kappa shape index (κ2) is 7.68. The highest BCUT2D eigenvalue weighted by atomic mass is 16.6. The molecule has 0 amide bonds. The molecule has 0 spiro atoms. The molecule has 0 aromatic heterocycles. The number of hydrogen-bond donors (Lipinski definition) is 1. The van der Waals surface area contributed by atoms with Gasteiger partial charge in [-0.15, -0.1) is 0 Å². The number of ether oxygens (including phenoxy) is 2. The molecule has 0 aliphatic heterocycles. The van der Waals surface area contributed by atoms with Crippen LogP contribution < -0.4 is 15.2 Å². The lowest BCUT2D eigenvalue weighted by molar-refractivity contribution is -0.414. The normalized spacial score (nSPS) is 11.4. The van der Waals surface area contributed by atoms with Gasteiger partial charge < -0.3 is 15.2 Å². The molecule has 0 atom stereocenters. The summed E-state index contributed by atoms with van der Waals surface area (Å²) in [6, 6.07) is 5.26. The Balaban J connectivity index is 2.77. The number of nitrogens with two attached hydrogens (primary N) is 1. The molecule has 0 aliphatic rings. The standard InChI is InChI=1S/C14H17N3O4/c1-4-20-14-7-13(6-5-10(14)2)21-11(3)16-9-12(8-15)17(18)19/h5-9H,3-4,15H2,1-2H3/b12-8+,16-9-. The SMILES string of the molecule is C=C(/N=C\C(=C/N)[N+](=O)[O-])Oc1ccc(C)c(OCC)c1. The van der Waals surface area contributed by atoms with Crippen molar-refractivity contribution in [3.63, 3.8) is 0 Å². The summed E-state index contributed by atoms with van der Waals surface area (Å²) in [5.41, 5.74) is 5.72. The van der Waals surface area contributed by atoms with Gasteiger partial charge in [0, 0.05) is 6.07 Å². The molecule has 7 nitrogen and oxygen atoms in total. The molecule has 0 fully saturated rings. The molecular formula is C14H17N3O4. The van der Waals surface area contributed by atoms with E-state index in [4.69, 9.17) is 15.2 Å². The molecule has 7 heteroatoms. The van der Waals surface area contributed by atoms with E-state index in [1.807, 2.05) is 19.9 Å². The molecule has 112 valence electrons. The van der Waals surface area contributed by atoms with Gasteiger partial charge in [-0.1, -0.05) is 6.07 Å². The van der Waals surface area contributed by atoms with Crippen molar-refractivity contribution in [1.29, 1.82) is 0 Å². The van der Waals surface area contributed by atoms with Crippen LogP contribution in [-0.4, -0.2) is 17.7 Å². The molecule has 21 heavy (non-hydrogen) atoms. The number of nitrogens with zero attached hydrogens (tertiary/aromatic N) is 2. The van der Waals surface area contributed by atoms with E-state index in [1.165, 1.54) is 0 Å². The number of aryl methyl sites for hydroxylation is 1. The average molecular weight is 291 g/mol. The van der Waals surface area contributed by atoms with E-state index in [2.05, 4.69) is 11.6 Å². The summed E-state index contributed by atoms with van der Waals surface area (Å²) in [5, 5.41) is 10.5. The monoisotopic (exact) mass is 291 g/mol. The summed E-state index contributed by atoms with van der Waals surface area (Å²) in [7, 11) is 0. The molecule has 0 radical (unpaired) electrons. The van der Waals surface area contributed by atoms with Crippen molar-refractivity contribution < 1.29 is 14.4 Å². The van der Waals surface area contributed by atoms with Crippen molar-refractivity contribution in [2.75, 3.05) is 6.61 Å². The van der Waals surface area contributed by atoms with Crippen LogP contribution in [0.4, 0.5) is 0 Å². The fraction of sp³-hybridized carbons (Fsp3) is 0.214. The van der Waals surface area contributed by atoms with Crippen molar-refractivity contribution in [2.24, 2.45) is 10.7 Å². The van der Waals surface area contributed by atoms with Gasteiger partial charge in [0.05, 0.1) is 17.7 Å². The molecule has 0 heterocycles. The van der Waals surface area contributed by atoms with Crippen LogP contribution in [0.1, 0.15) is 12.5 Å². The Kier molecular flexibility index (Phi) is 5.94. The second-order valence-corrected chi connectivity index (χ2v) is 3.96. The Hall–Kier alpha value is -2.83. The van der Waals surface area contributed by atoms with E-state index < -0.39 is 4.92 Å². The highest BCUT2D eigenvalue weighted by Crippen LogP contribution is 2.25. The van der Waals surface area contributed by atoms with E-state index in [0.717, 1.165) is 18.0 Å². The van der Waals surface area contributed by atoms with Gasteiger partial charge in [0.25, 0.3) is 0 Å². The topological polar surface area (TPSA) is 100.0 Å². The zero-order valence-electron chi connectivity index (χ0n) is 11.9. The van der Waals surface area contributed by atoms with Gasteiger partial charge in [-0.3, -0.25) is 10.1 Å². The average Bonchev–Trinajstić information content (AvgIpc) is 2.43. The predicted molar refractivity (Wildman–Crippen MR) is 79.9 cm³/mol. The predicted octanol–water partition coefficient (Wildman–Crippen LogP) is 2.39. The van der Waals surface area contributed by atoms with Crippen LogP contribution in [-0.2, 0) is 0 Å². The minimum absolute atomic E-state index is 0.00232. The number of aliphatic imine (C=N–C) groups is 1. The number of nitro groups is 1. The van der Waals surface area contributed by atoms with Crippen molar-refractivity contribution in [2.45, 2.75) is 13.8 Å². The Labute approximate surface area is 122 Å². The van der Waals surface area contributed by atoms with Crippen molar-refractivity contribution in [3.8, 4) is 11.5 Å². The maximum Gasteiger partial charge on any atom is 0.302 e. The van der Waals surface area contributed by atoms with Crippen molar-refractivity contribution in [1.82, 2.24) is 0 Å². The van der Waals surface area contributed by atoms with Gasteiger partial charge >= 0.3 is 5.70 Å². The summed E-state index contributed by atoms with van der Waals surface area (Å²) >= 11 is 0. The number of benzene rings is 1. The Morgan fingerprint density at radius 1 is 1.57 bits per heavy atom. The Morgan fingerprint density at radius 3 is 2.86 bits per heavy atom. The first-order valence-corrected chi connectivity index (χ1v) is 6.18. The van der Waals surface area contributed by atoms with Gasteiger partial charge in [-0.05, 0) is 32.1 Å². The fourth-order valence-corrected chi connectivity index (χ4v) is 1.41. The zero-order chi connectivity index (χ0) is 15.8. The third-order valence-electron chi connectivity index (χ3n) is 2.42. The quantitative estimate of drug-likeness (QED) is 0.360. The molecule has 0 bridgehead atoms. The summed E-state index contributed by atoms with van der Waals surface area (Å²) in [5.74, 6) is 1.17. The Bertz CT molecular complexity index is 594. The van der Waals surface area contributed by atoms with Crippen molar-refractivity contribution in [3.05, 3.63) is 58.2 Å². The van der Waals surface area contributed by atoms with Crippen LogP contribution in [0.5, 0.6) is 11.5 Å². The first kappa shape index (κ1) is 16.2. The van der Waals surface area contributed by atoms with Crippen LogP contribution in [0.15, 0.2) is 47.6 Å². The molecule has 1 rings (SSSR count). The van der Waals surface area contributed by atoms with Gasteiger partial charge in [-0.25, -0.2) is 4.99 Å². The van der Waals surface area contributed by atoms with Crippen LogP contribution in [0.25, 0.3) is 0 Å². The summed E-state index contributed by atoms with van der Waals surface area (Å²) in [6.07, 6.45) is 1.82. The van der Waals surface area contributed by atoms with E-state index >= 15 is 0 Å². The zero-order valence-corrected chi connectivity index (χ0v) is 11.9. The van der Waals surface area contributed by atoms with Crippen LogP contribution in [0.3, 0.4) is 0 Å². The minimum atomic E-state index is -0.657. The lowest BCUT2D eigenvalue weighted by Gasteiger charge is -2.10. The Morgan fingerprint density at radius 2 is 2.29 bits per heavy atom. The van der Waals surface area contributed by atoms with Crippen LogP contribution in [0.2, 0.25) is 0 Å². The minimum Gasteiger partial charge on any atom is -0.493 e. The van der Waals surface area contributed by atoms with Crippen LogP contribution >= 0.6 is 0 Å². The van der Waals surface area contributed by atoms with E-state index in [-0.39, 0.29) is 11.6 Å². The summed E-state index contributed by atoms with van der Waals surface area (Å²) in [4.78, 5) is 13.6. The summed E-state index contributed by atoms with van der Waals surface area (Å²) < 4.78 is 10.8. The molecular weight excluding hydrogens is 274 g/mol. The van der Waals surface area contributed by atoms with Crippen LogP contribution in [0, 0.1) is 17.0 Å². The lowest BCUT2D eigenvalue weighted by Crippen LogP contribution is -2.03. The fourth-order valence-electron chi connectivity index (χ4n) is 1.41. The van der Waals surface area contributed by atoms with Gasteiger partial charge in [0.1, 0.15) is 17.7 Å². The number of allylic oxidation sites excluding steroid dienone is 1. The molecule has 0 aliphatic carbocycles. The third-order valence-corrected chi connectivity index (χ3v) is 2.42. The van der Waals surface area contributed by atoms with E-state index in [0.29, 0.717) is 18.1 Å². The molecule has 1 aromatic rings.